The fraction of sp³-hybridized carbons (Fsp3) is 0.185. The Morgan fingerprint density at radius 2 is 1.74 bits per heavy atom. The van der Waals surface area contributed by atoms with E-state index in [1.165, 1.54) is 14.2 Å². The summed E-state index contributed by atoms with van der Waals surface area (Å²) in [5, 5.41) is 3.42. The molecule has 0 radical (unpaired) electrons. The third-order valence-electron chi connectivity index (χ3n) is 5.47. The van der Waals surface area contributed by atoms with Crippen molar-refractivity contribution >= 4 is 34.2 Å². The van der Waals surface area contributed by atoms with Gasteiger partial charge in [0.05, 0.1) is 25.3 Å². The normalized spacial score (nSPS) is 10.8. The molecule has 1 aromatic heterocycles. The first kappa shape index (κ1) is 24.2. The monoisotopic (exact) mass is 493 g/mol. The van der Waals surface area contributed by atoms with Crippen LogP contribution in [0.4, 0.5) is 5.69 Å². The topological polar surface area (TPSA) is 87.0 Å². The molecule has 0 aliphatic rings. The Labute approximate surface area is 207 Å². The average Bonchev–Trinajstić information content (AvgIpc) is 2.85. The minimum atomic E-state index is -0.493. The van der Waals surface area contributed by atoms with Gasteiger partial charge in [0.2, 0.25) is 11.2 Å². The van der Waals surface area contributed by atoms with Crippen molar-refractivity contribution in [3.63, 3.8) is 0 Å². The van der Waals surface area contributed by atoms with Gasteiger partial charge in [-0.25, -0.2) is 0 Å². The van der Waals surface area contributed by atoms with E-state index in [0.29, 0.717) is 33.4 Å². The number of amides is 1. The summed E-state index contributed by atoms with van der Waals surface area (Å²) < 4.78 is 22.4. The van der Waals surface area contributed by atoms with E-state index in [-0.39, 0.29) is 16.9 Å². The van der Waals surface area contributed by atoms with Crippen LogP contribution in [-0.4, -0.2) is 26.7 Å². The first-order valence-corrected chi connectivity index (χ1v) is 11.2. The van der Waals surface area contributed by atoms with E-state index in [9.17, 15) is 9.59 Å². The largest absolute Gasteiger partial charge is 0.497 e. The molecular weight excluding hydrogens is 470 g/mol. The molecule has 4 aromatic rings. The number of anilines is 1. The number of carbonyl (C=O) groups excluding carboxylic acids is 1. The summed E-state index contributed by atoms with van der Waals surface area (Å²) in [6.45, 7) is 3.35. The molecule has 0 unspecified atom stereocenters. The molecule has 7 nitrogen and oxygen atoms in total. The van der Waals surface area contributed by atoms with Gasteiger partial charge in [-0.05, 0) is 43.7 Å². The Morgan fingerprint density at radius 1 is 1.00 bits per heavy atom. The molecule has 8 heteroatoms. The zero-order valence-electron chi connectivity index (χ0n) is 19.7. The van der Waals surface area contributed by atoms with Crippen LogP contribution in [0, 0.1) is 13.8 Å². The molecule has 180 valence electrons. The second-order valence-electron chi connectivity index (χ2n) is 7.96. The standard InChI is InChI=1S/C27H24ClNO6/c1-15-5-7-17(8-6-15)26-27(25(31)19-13-20(28)16(2)11-23(19)35-26)34-14-24(30)29-21-12-18(32-3)9-10-22(21)33-4/h5-13H,14H2,1-4H3,(H,29,30). The van der Waals surface area contributed by atoms with Gasteiger partial charge >= 0.3 is 0 Å². The summed E-state index contributed by atoms with van der Waals surface area (Å²) in [4.78, 5) is 26.1. The van der Waals surface area contributed by atoms with E-state index in [0.717, 1.165) is 11.1 Å². The Balaban J connectivity index is 1.70. The molecule has 3 aromatic carbocycles. The van der Waals surface area contributed by atoms with Gasteiger partial charge in [-0.15, -0.1) is 0 Å². The molecule has 1 heterocycles. The van der Waals surface area contributed by atoms with E-state index in [4.69, 9.17) is 30.2 Å². The molecule has 1 N–H and O–H groups in total. The van der Waals surface area contributed by atoms with Crippen LogP contribution in [0.3, 0.4) is 0 Å². The summed E-state index contributed by atoms with van der Waals surface area (Å²) in [5.41, 5.74) is 2.84. The Kier molecular flexibility index (Phi) is 6.98. The minimum Gasteiger partial charge on any atom is -0.497 e. The number of methoxy groups -OCH3 is 2. The average molecular weight is 494 g/mol. The van der Waals surface area contributed by atoms with Crippen molar-refractivity contribution in [3.05, 3.63) is 81.0 Å². The molecule has 35 heavy (non-hydrogen) atoms. The van der Waals surface area contributed by atoms with Crippen LogP contribution in [0.15, 0.2) is 63.8 Å². The van der Waals surface area contributed by atoms with Gasteiger partial charge in [0.15, 0.2) is 12.4 Å². The van der Waals surface area contributed by atoms with E-state index in [1.54, 1.807) is 30.3 Å². The quantitative estimate of drug-likeness (QED) is 0.352. The van der Waals surface area contributed by atoms with Crippen LogP contribution in [0.25, 0.3) is 22.3 Å². The van der Waals surface area contributed by atoms with Crippen molar-refractivity contribution in [1.82, 2.24) is 0 Å². The molecule has 0 saturated heterocycles. The maximum Gasteiger partial charge on any atom is 0.262 e. The lowest BCUT2D eigenvalue weighted by molar-refractivity contribution is -0.118. The number of hydrogen-bond donors (Lipinski definition) is 1. The van der Waals surface area contributed by atoms with Gasteiger partial charge in [-0.2, -0.15) is 0 Å². The van der Waals surface area contributed by atoms with Crippen molar-refractivity contribution in [2.45, 2.75) is 13.8 Å². The lowest BCUT2D eigenvalue weighted by atomic mass is 10.1. The van der Waals surface area contributed by atoms with Crippen molar-refractivity contribution in [1.29, 1.82) is 0 Å². The molecule has 0 spiro atoms. The molecule has 0 aliphatic carbocycles. The number of hydrogen-bond acceptors (Lipinski definition) is 6. The van der Waals surface area contributed by atoms with Crippen molar-refractivity contribution < 1.29 is 23.4 Å². The third kappa shape index (κ3) is 5.10. The van der Waals surface area contributed by atoms with Gasteiger partial charge < -0.3 is 23.9 Å². The Hall–Kier alpha value is -3.97. The third-order valence-corrected chi connectivity index (χ3v) is 5.88. The highest BCUT2D eigenvalue weighted by Crippen LogP contribution is 2.33. The summed E-state index contributed by atoms with van der Waals surface area (Å²) in [6.07, 6.45) is 0. The zero-order chi connectivity index (χ0) is 25.1. The van der Waals surface area contributed by atoms with Gasteiger partial charge in [-0.3, -0.25) is 9.59 Å². The number of fused-ring (bicyclic) bond motifs is 1. The first-order valence-electron chi connectivity index (χ1n) is 10.8. The number of rotatable bonds is 7. The summed E-state index contributed by atoms with van der Waals surface area (Å²) in [5.74, 6) is 0.665. The highest BCUT2D eigenvalue weighted by Gasteiger charge is 2.20. The maximum absolute atomic E-state index is 13.4. The predicted octanol–water partition coefficient (Wildman–Crippen LogP) is 5.76. The fourth-order valence-corrected chi connectivity index (χ4v) is 3.72. The molecular formula is C27H24ClNO6. The number of nitrogens with one attached hydrogen (secondary N) is 1. The van der Waals surface area contributed by atoms with Gasteiger partial charge in [0.1, 0.15) is 17.1 Å². The Bertz CT molecular complexity index is 1460. The highest BCUT2D eigenvalue weighted by atomic mass is 35.5. The minimum absolute atomic E-state index is 0.0750. The van der Waals surface area contributed by atoms with Gasteiger partial charge in [0, 0.05) is 16.7 Å². The number of benzene rings is 3. The van der Waals surface area contributed by atoms with Crippen molar-refractivity contribution in [2.75, 3.05) is 26.1 Å². The number of ether oxygens (including phenoxy) is 3. The van der Waals surface area contributed by atoms with Crippen LogP contribution in [-0.2, 0) is 4.79 Å². The van der Waals surface area contributed by atoms with Crippen LogP contribution in [0.1, 0.15) is 11.1 Å². The smallest absolute Gasteiger partial charge is 0.262 e. The van der Waals surface area contributed by atoms with Crippen LogP contribution in [0.5, 0.6) is 17.2 Å². The molecule has 0 saturated carbocycles. The molecule has 0 atom stereocenters. The van der Waals surface area contributed by atoms with E-state index in [2.05, 4.69) is 5.32 Å². The molecule has 0 fully saturated rings. The number of aryl methyl sites for hydroxylation is 2. The van der Waals surface area contributed by atoms with Crippen LogP contribution in [0.2, 0.25) is 5.02 Å². The predicted molar refractivity (Wildman–Crippen MR) is 136 cm³/mol. The number of carbonyl (C=O) groups is 1. The summed E-state index contributed by atoms with van der Waals surface area (Å²) >= 11 is 6.25. The maximum atomic E-state index is 13.4. The number of halogens is 1. The van der Waals surface area contributed by atoms with Gasteiger partial charge in [-0.1, -0.05) is 41.4 Å². The van der Waals surface area contributed by atoms with E-state index >= 15 is 0 Å². The lowest BCUT2D eigenvalue weighted by Crippen LogP contribution is -2.23. The molecule has 4 rings (SSSR count). The summed E-state index contributed by atoms with van der Waals surface area (Å²) in [7, 11) is 3.02. The second-order valence-corrected chi connectivity index (χ2v) is 8.36. The highest BCUT2D eigenvalue weighted by molar-refractivity contribution is 6.32. The zero-order valence-corrected chi connectivity index (χ0v) is 20.5. The molecule has 0 bridgehead atoms. The van der Waals surface area contributed by atoms with E-state index in [1.807, 2.05) is 38.1 Å². The van der Waals surface area contributed by atoms with Crippen LogP contribution >= 0.6 is 11.6 Å². The second kappa shape index (κ2) is 10.1. The van der Waals surface area contributed by atoms with Crippen molar-refractivity contribution in [2.24, 2.45) is 0 Å². The van der Waals surface area contributed by atoms with Crippen LogP contribution < -0.4 is 25.0 Å². The first-order chi connectivity index (χ1) is 16.8. The lowest BCUT2D eigenvalue weighted by Gasteiger charge is -2.14. The fourth-order valence-electron chi connectivity index (χ4n) is 3.56. The Morgan fingerprint density at radius 3 is 2.43 bits per heavy atom. The van der Waals surface area contributed by atoms with E-state index < -0.39 is 17.9 Å². The van der Waals surface area contributed by atoms with Crippen molar-refractivity contribution in [3.8, 4) is 28.6 Å². The molecule has 0 aliphatic heterocycles. The molecule has 1 amide bonds. The summed E-state index contributed by atoms with van der Waals surface area (Å²) in [6, 6.07) is 15.7. The SMILES string of the molecule is COc1ccc(OC)c(NC(=O)COc2c(-c3ccc(C)cc3)oc3cc(C)c(Cl)cc3c2=O)c1. The van der Waals surface area contributed by atoms with Gasteiger partial charge in [0.25, 0.3) is 5.91 Å².